The number of hydrogen-bond donors (Lipinski definition) is 1. The molecule has 0 aliphatic carbocycles. The Labute approximate surface area is 57.3 Å². The van der Waals surface area contributed by atoms with Crippen molar-refractivity contribution in [1.82, 2.24) is 0 Å². The Hall–Kier alpha value is -1.39. The summed E-state index contributed by atoms with van der Waals surface area (Å²) in [5.74, 6) is -2.01. The number of oxime groups is 1. The molecule has 0 rings (SSSR count). The molecule has 10 heavy (non-hydrogen) atoms. The van der Waals surface area contributed by atoms with Gasteiger partial charge in [0, 0.05) is 6.92 Å². The standard InChI is InChI=1S/C5H7NO4/c1-3(7)4(5(8)9)6-10-2/h1-2H3,(H,8,9)/b6-4+. The summed E-state index contributed by atoms with van der Waals surface area (Å²) in [4.78, 5) is 24.6. The topological polar surface area (TPSA) is 76.0 Å². The molecular formula is C5H7NO4. The van der Waals surface area contributed by atoms with Gasteiger partial charge >= 0.3 is 5.97 Å². The van der Waals surface area contributed by atoms with E-state index in [1.807, 2.05) is 0 Å². The van der Waals surface area contributed by atoms with Crippen molar-refractivity contribution in [1.29, 1.82) is 0 Å². The zero-order chi connectivity index (χ0) is 8.15. The van der Waals surface area contributed by atoms with Crippen LogP contribution in [0.1, 0.15) is 6.92 Å². The normalized spacial score (nSPS) is 10.8. The molecule has 5 nitrogen and oxygen atoms in total. The molecule has 0 heterocycles. The van der Waals surface area contributed by atoms with E-state index in [1.165, 1.54) is 7.11 Å². The average molecular weight is 145 g/mol. The summed E-state index contributed by atoms with van der Waals surface area (Å²) in [6.07, 6.45) is 0. The number of aliphatic carboxylic acids is 1. The van der Waals surface area contributed by atoms with Crippen LogP contribution in [0, 0.1) is 0 Å². The Morgan fingerprint density at radius 1 is 1.50 bits per heavy atom. The van der Waals surface area contributed by atoms with E-state index >= 15 is 0 Å². The lowest BCUT2D eigenvalue weighted by Gasteiger charge is -1.91. The lowest BCUT2D eigenvalue weighted by Crippen LogP contribution is -2.21. The van der Waals surface area contributed by atoms with Gasteiger partial charge < -0.3 is 9.94 Å². The highest BCUT2D eigenvalue weighted by Gasteiger charge is 2.15. The minimum absolute atomic E-state index is 0.595. The smallest absolute Gasteiger partial charge is 0.361 e. The number of carbonyl (C=O) groups is 2. The van der Waals surface area contributed by atoms with E-state index in [0.717, 1.165) is 6.92 Å². The first kappa shape index (κ1) is 8.61. The molecule has 0 amide bonds. The molecule has 0 saturated carbocycles. The molecule has 0 bridgehead atoms. The lowest BCUT2D eigenvalue weighted by atomic mass is 10.3. The van der Waals surface area contributed by atoms with Crippen LogP contribution in [0.2, 0.25) is 0 Å². The molecule has 0 aromatic carbocycles. The second-order valence-corrected chi connectivity index (χ2v) is 1.48. The third kappa shape index (κ3) is 2.25. The van der Waals surface area contributed by atoms with Gasteiger partial charge in [0.2, 0.25) is 5.71 Å². The van der Waals surface area contributed by atoms with Crippen molar-refractivity contribution in [2.24, 2.45) is 5.16 Å². The van der Waals surface area contributed by atoms with E-state index in [0.29, 0.717) is 0 Å². The van der Waals surface area contributed by atoms with Crippen LogP contribution in [-0.4, -0.2) is 29.7 Å². The fourth-order valence-corrected chi connectivity index (χ4v) is 0.345. The minimum atomic E-state index is -1.38. The van der Waals surface area contributed by atoms with Gasteiger partial charge in [-0.15, -0.1) is 0 Å². The Kier molecular flexibility index (Phi) is 3.10. The van der Waals surface area contributed by atoms with E-state index in [-0.39, 0.29) is 0 Å². The number of Topliss-reactive ketones (excluding diaryl/α,β-unsaturated/α-hetero) is 1. The Balaban J connectivity index is 4.42. The summed E-state index contributed by atoms with van der Waals surface area (Å²) in [6.45, 7) is 1.10. The van der Waals surface area contributed by atoms with Crippen molar-refractivity contribution < 1.29 is 19.5 Å². The highest BCUT2D eigenvalue weighted by molar-refractivity contribution is 6.63. The maximum absolute atomic E-state index is 10.4. The lowest BCUT2D eigenvalue weighted by molar-refractivity contribution is -0.130. The number of rotatable bonds is 3. The van der Waals surface area contributed by atoms with Gasteiger partial charge in [-0.25, -0.2) is 4.79 Å². The van der Waals surface area contributed by atoms with Gasteiger partial charge in [0.1, 0.15) is 7.11 Å². The third-order valence-corrected chi connectivity index (χ3v) is 0.719. The second-order valence-electron chi connectivity index (χ2n) is 1.48. The van der Waals surface area contributed by atoms with Crippen LogP contribution in [0.5, 0.6) is 0 Å². The second kappa shape index (κ2) is 3.60. The van der Waals surface area contributed by atoms with Gasteiger partial charge in [-0.2, -0.15) is 0 Å². The zero-order valence-corrected chi connectivity index (χ0v) is 5.62. The van der Waals surface area contributed by atoms with Crippen LogP contribution in [0.3, 0.4) is 0 Å². The summed E-state index contributed by atoms with van der Waals surface area (Å²) in [7, 11) is 1.17. The number of carboxylic acids is 1. The number of hydrogen-bond acceptors (Lipinski definition) is 4. The van der Waals surface area contributed by atoms with E-state index in [9.17, 15) is 9.59 Å². The monoisotopic (exact) mass is 145 g/mol. The van der Waals surface area contributed by atoms with Crippen LogP contribution in [0.25, 0.3) is 0 Å². The first-order valence-corrected chi connectivity index (χ1v) is 2.45. The maximum Gasteiger partial charge on any atom is 0.361 e. The zero-order valence-electron chi connectivity index (χ0n) is 5.62. The van der Waals surface area contributed by atoms with Gasteiger partial charge in [0.05, 0.1) is 0 Å². The molecule has 0 aliphatic rings. The number of nitrogens with zero attached hydrogens (tertiary/aromatic N) is 1. The van der Waals surface area contributed by atoms with Crippen LogP contribution in [0.15, 0.2) is 5.16 Å². The van der Waals surface area contributed by atoms with Crippen molar-refractivity contribution in [3.05, 3.63) is 0 Å². The van der Waals surface area contributed by atoms with Crippen LogP contribution < -0.4 is 0 Å². The van der Waals surface area contributed by atoms with Gasteiger partial charge in [-0.3, -0.25) is 4.79 Å². The first-order valence-electron chi connectivity index (χ1n) is 2.45. The first-order chi connectivity index (χ1) is 4.59. The van der Waals surface area contributed by atoms with Gasteiger partial charge in [0.25, 0.3) is 0 Å². The minimum Gasteiger partial charge on any atom is -0.476 e. The predicted molar refractivity (Wildman–Crippen MR) is 32.8 cm³/mol. The molecule has 0 saturated heterocycles. The Bertz CT molecular complexity index is 168. The van der Waals surface area contributed by atoms with E-state index in [1.54, 1.807) is 0 Å². The molecule has 0 unspecified atom stereocenters. The summed E-state index contributed by atoms with van der Waals surface area (Å²) in [5.41, 5.74) is -0.595. The van der Waals surface area contributed by atoms with Crippen LogP contribution in [0.4, 0.5) is 0 Å². The van der Waals surface area contributed by atoms with E-state index < -0.39 is 17.5 Å². The number of ketones is 1. The Morgan fingerprint density at radius 2 is 2.00 bits per heavy atom. The Morgan fingerprint density at radius 3 is 2.10 bits per heavy atom. The highest BCUT2D eigenvalue weighted by atomic mass is 16.6. The summed E-state index contributed by atoms with van der Waals surface area (Å²) < 4.78 is 0. The van der Waals surface area contributed by atoms with E-state index in [4.69, 9.17) is 5.11 Å². The number of carboxylic acid groups (broad SMARTS) is 1. The van der Waals surface area contributed by atoms with Crippen molar-refractivity contribution in [3.63, 3.8) is 0 Å². The molecule has 0 aliphatic heterocycles. The van der Waals surface area contributed by atoms with E-state index in [2.05, 4.69) is 9.99 Å². The predicted octanol–water partition coefficient (Wildman–Crippen LogP) is -0.338. The van der Waals surface area contributed by atoms with Crippen molar-refractivity contribution in [2.75, 3.05) is 7.11 Å². The molecule has 0 atom stereocenters. The average Bonchev–Trinajstić information content (AvgIpc) is 1.81. The molecule has 1 N–H and O–H groups in total. The van der Waals surface area contributed by atoms with Gasteiger partial charge in [0.15, 0.2) is 5.78 Å². The van der Waals surface area contributed by atoms with Crippen LogP contribution in [-0.2, 0) is 14.4 Å². The fourth-order valence-electron chi connectivity index (χ4n) is 0.345. The summed E-state index contributed by atoms with van der Waals surface area (Å²) in [6, 6.07) is 0. The molecular weight excluding hydrogens is 138 g/mol. The number of carbonyl (C=O) groups excluding carboxylic acids is 1. The molecule has 0 fully saturated rings. The van der Waals surface area contributed by atoms with Crippen molar-refractivity contribution in [3.8, 4) is 0 Å². The molecule has 0 radical (unpaired) electrons. The van der Waals surface area contributed by atoms with Gasteiger partial charge in [-0.1, -0.05) is 5.16 Å². The van der Waals surface area contributed by atoms with Crippen molar-refractivity contribution >= 4 is 17.5 Å². The maximum atomic E-state index is 10.4. The molecule has 5 heteroatoms. The fraction of sp³-hybridized carbons (Fsp3) is 0.400. The van der Waals surface area contributed by atoms with Gasteiger partial charge in [-0.05, 0) is 0 Å². The largest absolute Gasteiger partial charge is 0.476 e. The quantitative estimate of drug-likeness (QED) is 0.335. The highest BCUT2D eigenvalue weighted by Crippen LogP contribution is 1.82. The summed E-state index contributed by atoms with van der Waals surface area (Å²) >= 11 is 0. The SMILES string of the molecule is CO/N=C(\C(C)=O)C(=O)O. The molecule has 0 aromatic rings. The van der Waals surface area contributed by atoms with Crippen LogP contribution >= 0.6 is 0 Å². The third-order valence-electron chi connectivity index (χ3n) is 0.719. The summed E-state index contributed by atoms with van der Waals surface area (Å²) in [5, 5.41) is 11.2. The molecule has 56 valence electrons. The van der Waals surface area contributed by atoms with Crippen molar-refractivity contribution in [2.45, 2.75) is 6.92 Å². The molecule has 0 spiro atoms. The molecule has 0 aromatic heterocycles.